The van der Waals surface area contributed by atoms with E-state index in [0.717, 1.165) is 16.7 Å². The number of alkyl carbamates (subject to hydrolysis) is 1. The number of amides is 2. The van der Waals surface area contributed by atoms with Crippen molar-refractivity contribution in [2.75, 3.05) is 0 Å². The van der Waals surface area contributed by atoms with Gasteiger partial charge in [-0.05, 0) is 30.4 Å². The van der Waals surface area contributed by atoms with Crippen molar-refractivity contribution in [2.24, 2.45) is 5.92 Å². The van der Waals surface area contributed by atoms with E-state index in [9.17, 15) is 19.5 Å². The molecule has 0 radical (unpaired) electrons. The van der Waals surface area contributed by atoms with Gasteiger partial charge in [0.15, 0.2) is 0 Å². The minimum absolute atomic E-state index is 0.0772. The molecule has 0 heterocycles. The highest BCUT2D eigenvalue weighted by Gasteiger charge is 2.27. The van der Waals surface area contributed by atoms with E-state index in [0.29, 0.717) is 6.42 Å². The minimum Gasteiger partial charge on any atom is -0.480 e. The van der Waals surface area contributed by atoms with Crippen LogP contribution in [0.5, 0.6) is 0 Å². The summed E-state index contributed by atoms with van der Waals surface area (Å²) in [5.74, 6) is -1.58. The van der Waals surface area contributed by atoms with Crippen molar-refractivity contribution < 1.29 is 24.2 Å². The van der Waals surface area contributed by atoms with Gasteiger partial charge in [0.2, 0.25) is 5.91 Å². The standard InChI is InChI=1S/C24H30N2O5/c1-16(2)12-20(26-24(30)31-15-18-9-5-4-6-10-18)22(27)25-21(23(28)29)14-19-11-7-8-17(3)13-19/h4-11,13,16,20-21H,12,14-15H2,1-3H3,(H,25,27)(H,26,30)(H,28,29)/t20-,21-/m0/s1. The fraction of sp³-hybridized carbons (Fsp3) is 0.375. The molecular formula is C24H30N2O5. The molecule has 0 bridgehead atoms. The number of carboxylic acids is 1. The van der Waals surface area contributed by atoms with E-state index in [-0.39, 0.29) is 18.9 Å². The minimum atomic E-state index is -1.13. The number of hydrogen-bond donors (Lipinski definition) is 3. The lowest BCUT2D eigenvalue weighted by atomic mass is 10.0. The quantitative estimate of drug-likeness (QED) is 0.540. The molecule has 2 atom stereocenters. The van der Waals surface area contributed by atoms with Gasteiger partial charge in [-0.2, -0.15) is 0 Å². The van der Waals surface area contributed by atoms with Gasteiger partial charge >= 0.3 is 12.1 Å². The third kappa shape index (κ3) is 8.50. The molecule has 0 aliphatic carbocycles. The van der Waals surface area contributed by atoms with Gasteiger partial charge in [-0.3, -0.25) is 4.79 Å². The molecule has 0 saturated carbocycles. The van der Waals surface area contributed by atoms with Crippen molar-refractivity contribution in [3.63, 3.8) is 0 Å². The molecule has 2 aromatic carbocycles. The van der Waals surface area contributed by atoms with Crippen molar-refractivity contribution in [3.8, 4) is 0 Å². The maximum atomic E-state index is 12.8. The summed E-state index contributed by atoms with van der Waals surface area (Å²) in [5.41, 5.74) is 2.64. The highest BCUT2D eigenvalue weighted by atomic mass is 16.5. The summed E-state index contributed by atoms with van der Waals surface area (Å²) in [5, 5.41) is 14.7. The predicted octanol–water partition coefficient (Wildman–Crippen LogP) is 3.45. The van der Waals surface area contributed by atoms with E-state index in [1.54, 1.807) is 0 Å². The Hall–Kier alpha value is -3.35. The van der Waals surface area contributed by atoms with E-state index in [1.807, 2.05) is 75.4 Å². The fourth-order valence-electron chi connectivity index (χ4n) is 3.16. The van der Waals surface area contributed by atoms with Gasteiger partial charge in [-0.15, -0.1) is 0 Å². The van der Waals surface area contributed by atoms with Crippen LogP contribution in [0.1, 0.15) is 37.0 Å². The number of nitrogens with one attached hydrogen (secondary N) is 2. The van der Waals surface area contributed by atoms with E-state index < -0.39 is 30.1 Å². The van der Waals surface area contributed by atoms with Gasteiger partial charge in [0, 0.05) is 6.42 Å². The molecule has 7 heteroatoms. The summed E-state index contributed by atoms with van der Waals surface area (Å²) in [6.45, 7) is 5.83. The molecule has 2 rings (SSSR count). The fourth-order valence-corrected chi connectivity index (χ4v) is 3.16. The Balaban J connectivity index is 2.00. The summed E-state index contributed by atoms with van der Waals surface area (Å²) >= 11 is 0. The second kappa shape index (κ2) is 11.7. The molecule has 3 N–H and O–H groups in total. The lowest BCUT2D eigenvalue weighted by Gasteiger charge is -2.22. The molecule has 0 aliphatic heterocycles. The molecule has 2 amide bonds. The normalized spacial score (nSPS) is 12.6. The van der Waals surface area contributed by atoms with Gasteiger partial charge in [-0.1, -0.05) is 74.0 Å². The first-order chi connectivity index (χ1) is 14.7. The van der Waals surface area contributed by atoms with Crippen molar-refractivity contribution in [1.29, 1.82) is 0 Å². The average Bonchev–Trinajstić information content (AvgIpc) is 2.71. The monoisotopic (exact) mass is 426 g/mol. The second-order valence-corrected chi connectivity index (χ2v) is 7.98. The van der Waals surface area contributed by atoms with Crippen LogP contribution < -0.4 is 10.6 Å². The zero-order valence-electron chi connectivity index (χ0n) is 18.1. The number of rotatable bonds is 10. The summed E-state index contributed by atoms with van der Waals surface area (Å²) < 4.78 is 5.21. The lowest BCUT2D eigenvalue weighted by Crippen LogP contribution is -2.52. The van der Waals surface area contributed by atoms with Crippen LogP contribution >= 0.6 is 0 Å². The van der Waals surface area contributed by atoms with Crippen LogP contribution in [0.15, 0.2) is 54.6 Å². The average molecular weight is 427 g/mol. The van der Waals surface area contributed by atoms with Crippen LogP contribution in [0.3, 0.4) is 0 Å². The summed E-state index contributed by atoms with van der Waals surface area (Å²) in [6, 6.07) is 14.7. The van der Waals surface area contributed by atoms with Crippen LogP contribution in [0, 0.1) is 12.8 Å². The van der Waals surface area contributed by atoms with Crippen molar-refractivity contribution in [2.45, 2.75) is 52.3 Å². The number of aryl methyl sites for hydroxylation is 1. The van der Waals surface area contributed by atoms with Gasteiger partial charge in [0.25, 0.3) is 0 Å². The molecule has 0 aromatic heterocycles. The van der Waals surface area contributed by atoms with Gasteiger partial charge in [0.1, 0.15) is 18.7 Å². The Morgan fingerprint density at radius 2 is 1.61 bits per heavy atom. The zero-order valence-corrected chi connectivity index (χ0v) is 18.1. The highest BCUT2D eigenvalue weighted by molar-refractivity contribution is 5.89. The molecule has 7 nitrogen and oxygen atoms in total. The molecule has 0 aliphatic rings. The van der Waals surface area contributed by atoms with Crippen LogP contribution in [0.4, 0.5) is 4.79 Å². The van der Waals surface area contributed by atoms with Crippen LogP contribution in [-0.2, 0) is 27.4 Å². The Morgan fingerprint density at radius 3 is 2.23 bits per heavy atom. The van der Waals surface area contributed by atoms with E-state index >= 15 is 0 Å². The third-order valence-electron chi connectivity index (χ3n) is 4.67. The van der Waals surface area contributed by atoms with Gasteiger partial charge < -0.3 is 20.5 Å². The number of carbonyl (C=O) groups excluding carboxylic acids is 2. The Bertz CT molecular complexity index is 883. The first-order valence-electron chi connectivity index (χ1n) is 10.3. The van der Waals surface area contributed by atoms with Crippen molar-refractivity contribution in [1.82, 2.24) is 10.6 Å². The zero-order chi connectivity index (χ0) is 22.8. The number of aliphatic carboxylic acids is 1. The number of benzene rings is 2. The van der Waals surface area contributed by atoms with E-state index in [1.165, 1.54) is 0 Å². The number of hydrogen-bond acceptors (Lipinski definition) is 4. The molecule has 31 heavy (non-hydrogen) atoms. The molecule has 166 valence electrons. The third-order valence-corrected chi connectivity index (χ3v) is 4.67. The number of carbonyl (C=O) groups is 3. The first kappa shape index (κ1) is 23.9. The molecule has 0 unspecified atom stereocenters. The molecule has 0 saturated heterocycles. The number of ether oxygens (including phenoxy) is 1. The van der Waals surface area contributed by atoms with Crippen LogP contribution in [-0.4, -0.2) is 35.2 Å². The second-order valence-electron chi connectivity index (χ2n) is 7.98. The SMILES string of the molecule is Cc1cccc(C[C@H](NC(=O)[C@H](CC(C)C)NC(=O)OCc2ccccc2)C(=O)O)c1. The predicted molar refractivity (Wildman–Crippen MR) is 117 cm³/mol. The van der Waals surface area contributed by atoms with E-state index in [2.05, 4.69) is 10.6 Å². The maximum absolute atomic E-state index is 12.8. The first-order valence-corrected chi connectivity index (χ1v) is 10.3. The van der Waals surface area contributed by atoms with Crippen molar-refractivity contribution >= 4 is 18.0 Å². The highest BCUT2D eigenvalue weighted by Crippen LogP contribution is 2.10. The molecule has 0 spiro atoms. The molecular weight excluding hydrogens is 396 g/mol. The summed E-state index contributed by atoms with van der Waals surface area (Å²) in [4.78, 5) is 36.8. The summed E-state index contributed by atoms with van der Waals surface area (Å²) in [7, 11) is 0. The van der Waals surface area contributed by atoms with E-state index in [4.69, 9.17) is 4.74 Å². The lowest BCUT2D eigenvalue weighted by molar-refractivity contribution is -0.142. The van der Waals surface area contributed by atoms with Gasteiger partial charge in [-0.25, -0.2) is 9.59 Å². The Labute approximate surface area is 182 Å². The topological polar surface area (TPSA) is 105 Å². The summed E-state index contributed by atoms with van der Waals surface area (Å²) in [6.07, 6.45) is -0.228. The van der Waals surface area contributed by atoms with Gasteiger partial charge in [0.05, 0.1) is 0 Å². The molecule has 2 aromatic rings. The molecule has 0 fully saturated rings. The Morgan fingerprint density at radius 1 is 0.935 bits per heavy atom. The Kier molecular flexibility index (Phi) is 9.06. The van der Waals surface area contributed by atoms with Crippen molar-refractivity contribution in [3.05, 3.63) is 71.3 Å². The maximum Gasteiger partial charge on any atom is 0.408 e. The largest absolute Gasteiger partial charge is 0.480 e. The van der Waals surface area contributed by atoms with Crippen LogP contribution in [0.25, 0.3) is 0 Å². The smallest absolute Gasteiger partial charge is 0.408 e. The van der Waals surface area contributed by atoms with Crippen LogP contribution in [0.2, 0.25) is 0 Å². The number of carboxylic acid groups (broad SMARTS) is 1.